The summed E-state index contributed by atoms with van der Waals surface area (Å²) in [5.74, 6) is 3.13. The van der Waals surface area contributed by atoms with Crippen LogP contribution in [0.5, 0.6) is 23.0 Å². The van der Waals surface area contributed by atoms with E-state index in [1.807, 2.05) is 0 Å². The number of hydrogen-bond donors (Lipinski definition) is 0. The van der Waals surface area contributed by atoms with Crippen molar-refractivity contribution in [3.8, 4) is 23.0 Å². The molecule has 0 spiro atoms. The fourth-order valence-corrected chi connectivity index (χ4v) is 5.34. The van der Waals surface area contributed by atoms with Gasteiger partial charge in [-0.05, 0) is 95.8 Å². The minimum atomic E-state index is -0.544. The molecule has 4 nitrogen and oxygen atoms in total. The van der Waals surface area contributed by atoms with E-state index < -0.39 is 14.2 Å². The first-order valence-electron chi connectivity index (χ1n) is 12.3. The van der Waals surface area contributed by atoms with E-state index in [0.29, 0.717) is 0 Å². The third kappa shape index (κ3) is 3.10. The molecule has 0 aliphatic carbocycles. The molecule has 0 radical (unpaired) electrons. The molecule has 0 N–H and O–H groups in total. The zero-order valence-corrected chi connectivity index (χ0v) is 20.7. The third-order valence-corrected chi connectivity index (χ3v) is 7.54. The van der Waals surface area contributed by atoms with Gasteiger partial charge in [0.05, 0.1) is 0 Å². The maximum Gasteiger partial charge on any atom is 0.634 e. The lowest BCUT2D eigenvalue weighted by Crippen LogP contribution is -2.45. The van der Waals surface area contributed by atoms with Gasteiger partial charge >= 0.3 is 14.2 Å². The highest BCUT2D eigenvalue weighted by atomic mass is 16.6. The molecule has 2 heterocycles. The molecule has 0 atom stereocenters. The first-order valence-corrected chi connectivity index (χ1v) is 12.3. The van der Waals surface area contributed by atoms with Crippen molar-refractivity contribution < 1.29 is 18.6 Å². The van der Waals surface area contributed by atoms with Crippen molar-refractivity contribution in [3.63, 3.8) is 0 Å². The van der Waals surface area contributed by atoms with Crippen molar-refractivity contribution in [1.82, 2.24) is 0 Å². The summed E-state index contributed by atoms with van der Waals surface area (Å²) in [7, 11) is -1.09. The van der Waals surface area contributed by atoms with Crippen molar-refractivity contribution >= 4 is 46.7 Å². The van der Waals surface area contributed by atoms with E-state index in [9.17, 15) is 0 Å². The highest BCUT2D eigenvalue weighted by Gasteiger charge is 2.42. The van der Waals surface area contributed by atoms with E-state index in [-0.39, 0.29) is 0 Å². The molecule has 0 fully saturated rings. The average Bonchev–Trinajstić information content (AvgIpc) is 3.46. The predicted octanol–water partition coefficient (Wildman–Crippen LogP) is 5.56. The Kier molecular flexibility index (Phi) is 4.56. The second-order valence-electron chi connectivity index (χ2n) is 9.82. The summed E-state index contributed by atoms with van der Waals surface area (Å²) in [6, 6.07) is 25.0. The highest BCUT2D eigenvalue weighted by molar-refractivity contribution is 6.75. The quantitative estimate of drug-likeness (QED) is 0.250. The van der Waals surface area contributed by atoms with Crippen LogP contribution in [-0.4, -0.2) is 14.2 Å². The van der Waals surface area contributed by atoms with Gasteiger partial charge in [-0.1, -0.05) is 48.5 Å². The second-order valence-corrected chi connectivity index (χ2v) is 9.82. The first-order chi connectivity index (χ1) is 17.5. The number of rotatable bonds is 2. The number of fused-ring (bicyclic) bond motifs is 4. The molecule has 36 heavy (non-hydrogen) atoms. The van der Waals surface area contributed by atoms with Crippen LogP contribution < -0.4 is 29.5 Å². The minimum Gasteiger partial charge on any atom is -0.519 e. The Morgan fingerprint density at radius 2 is 0.667 bits per heavy atom. The standard InChI is InChI=1S/C30H24B2O4/c1-17-13-25-26(14-18(17)2)34-31(33-25)29-21-9-5-7-11-23(21)30(24-12-8-6-10-22(24)29)32-35-27-15-19(3)20(4)16-28(27)36-32/h5-16H,1-4H3. The first kappa shape index (κ1) is 21.3. The Hall–Kier alpha value is -4.05. The van der Waals surface area contributed by atoms with Crippen molar-refractivity contribution in [3.05, 3.63) is 95.1 Å². The normalized spacial score (nSPS) is 13.8. The Labute approximate surface area is 211 Å². The van der Waals surface area contributed by atoms with E-state index in [2.05, 4.69) is 100 Å². The van der Waals surface area contributed by atoms with E-state index in [1.165, 1.54) is 22.3 Å². The lowest BCUT2D eigenvalue weighted by atomic mass is 9.66. The monoisotopic (exact) mass is 470 g/mol. The van der Waals surface area contributed by atoms with Crippen LogP contribution in [0.25, 0.3) is 21.5 Å². The van der Waals surface area contributed by atoms with Gasteiger partial charge in [-0.3, -0.25) is 0 Å². The molecule has 5 aromatic rings. The van der Waals surface area contributed by atoms with Gasteiger partial charge in [-0.25, -0.2) is 0 Å². The molecule has 0 unspecified atom stereocenters. The predicted molar refractivity (Wildman–Crippen MR) is 147 cm³/mol. The van der Waals surface area contributed by atoms with Crippen LogP contribution in [0.4, 0.5) is 0 Å². The lowest BCUT2D eigenvalue weighted by Gasteiger charge is -2.18. The highest BCUT2D eigenvalue weighted by Crippen LogP contribution is 2.38. The van der Waals surface area contributed by atoms with Gasteiger partial charge in [0.2, 0.25) is 0 Å². The summed E-state index contributed by atoms with van der Waals surface area (Å²) in [5.41, 5.74) is 6.76. The summed E-state index contributed by atoms with van der Waals surface area (Å²) in [6.07, 6.45) is 0. The molecule has 0 saturated heterocycles. The summed E-state index contributed by atoms with van der Waals surface area (Å²) >= 11 is 0. The largest absolute Gasteiger partial charge is 0.634 e. The second kappa shape index (κ2) is 7.72. The van der Waals surface area contributed by atoms with Crippen LogP contribution in [0.2, 0.25) is 0 Å². The molecule has 7 rings (SSSR count). The summed E-state index contributed by atoms with van der Waals surface area (Å²) in [4.78, 5) is 0. The molecule has 0 bridgehead atoms. The van der Waals surface area contributed by atoms with E-state index >= 15 is 0 Å². The maximum atomic E-state index is 6.40. The summed E-state index contributed by atoms with van der Waals surface area (Å²) in [5, 5.41) is 4.25. The Morgan fingerprint density at radius 3 is 0.917 bits per heavy atom. The molecule has 2 aliphatic heterocycles. The van der Waals surface area contributed by atoms with Gasteiger partial charge in [0, 0.05) is 10.9 Å². The zero-order chi connectivity index (χ0) is 24.6. The van der Waals surface area contributed by atoms with Gasteiger partial charge in [0.25, 0.3) is 0 Å². The molecule has 6 heteroatoms. The van der Waals surface area contributed by atoms with Crippen molar-refractivity contribution in [2.45, 2.75) is 27.7 Å². The van der Waals surface area contributed by atoms with Crippen molar-refractivity contribution in [2.75, 3.05) is 0 Å². The Morgan fingerprint density at radius 1 is 0.417 bits per heavy atom. The minimum absolute atomic E-state index is 0.544. The van der Waals surface area contributed by atoms with Crippen molar-refractivity contribution in [1.29, 1.82) is 0 Å². The fraction of sp³-hybridized carbons (Fsp3) is 0.133. The van der Waals surface area contributed by atoms with Gasteiger partial charge < -0.3 is 18.6 Å². The van der Waals surface area contributed by atoms with Crippen LogP contribution in [-0.2, 0) is 0 Å². The van der Waals surface area contributed by atoms with Gasteiger partial charge in [0.15, 0.2) is 0 Å². The maximum absolute atomic E-state index is 6.40. The Balaban J connectivity index is 1.42. The van der Waals surface area contributed by atoms with Crippen molar-refractivity contribution in [2.24, 2.45) is 0 Å². The summed E-state index contributed by atoms with van der Waals surface area (Å²) in [6.45, 7) is 8.37. The van der Waals surface area contributed by atoms with E-state index in [4.69, 9.17) is 18.6 Å². The van der Waals surface area contributed by atoms with Gasteiger partial charge in [0.1, 0.15) is 23.0 Å². The third-order valence-electron chi connectivity index (χ3n) is 7.54. The van der Waals surface area contributed by atoms with Crippen LogP contribution in [0.15, 0.2) is 72.8 Å². The number of aryl methyl sites for hydroxylation is 4. The van der Waals surface area contributed by atoms with E-state index in [0.717, 1.165) is 55.5 Å². The molecule has 0 amide bonds. The molecule has 2 aliphatic rings. The van der Waals surface area contributed by atoms with Crippen LogP contribution >= 0.6 is 0 Å². The van der Waals surface area contributed by atoms with Gasteiger partial charge in [-0.15, -0.1) is 0 Å². The topological polar surface area (TPSA) is 36.9 Å². The molecule has 0 aromatic heterocycles. The molecule has 5 aromatic carbocycles. The Bertz CT molecular complexity index is 1470. The SMILES string of the molecule is Cc1cc2c(cc1C)OB(c1c3ccccc3c(B3Oc4cc(C)c(C)cc4O3)c3ccccc13)O2. The average molecular weight is 470 g/mol. The molecular weight excluding hydrogens is 446 g/mol. The molecule has 0 saturated carbocycles. The van der Waals surface area contributed by atoms with E-state index in [1.54, 1.807) is 0 Å². The molecular formula is C30H24B2O4. The number of benzene rings is 5. The fourth-order valence-electron chi connectivity index (χ4n) is 5.34. The smallest absolute Gasteiger partial charge is 0.519 e. The lowest BCUT2D eigenvalue weighted by molar-refractivity contribution is 0.518. The zero-order valence-electron chi connectivity index (χ0n) is 20.7. The van der Waals surface area contributed by atoms with Crippen LogP contribution in [0.3, 0.4) is 0 Å². The van der Waals surface area contributed by atoms with Crippen LogP contribution in [0.1, 0.15) is 22.3 Å². The molecule has 174 valence electrons. The number of hydrogen-bond acceptors (Lipinski definition) is 4. The van der Waals surface area contributed by atoms with Crippen LogP contribution in [0, 0.1) is 27.7 Å². The van der Waals surface area contributed by atoms with Gasteiger partial charge in [-0.2, -0.15) is 0 Å². The summed E-state index contributed by atoms with van der Waals surface area (Å²) < 4.78 is 25.6.